The topological polar surface area (TPSA) is 67.6 Å². The quantitative estimate of drug-likeness (QED) is 0.730. The Kier molecular flexibility index (Phi) is 8.99. The number of nitrogens with one attached hydrogen (secondary N) is 1. The van der Waals surface area contributed by atoms with Gasteiger partial charge in [0.2, 0.25) is 5.91 Å². The highest BCUT2D eigenvalue weighted by atomic mass is 35.5. The first-order valence-electron chi connectivity index (χ1n) is 9.43. The third-order valence-corrected chi connectivity index (χ3v) is 6.27. The minimum atomic E-state index is -0.402. The summed E-state index contributed by atoms with van der Waals surface area (Å²) >= 11 is 0. The van der Waals surface area contributed by atoms with Crippen molar-refractivity contribution in [2.75, 3.05) is 39.4 Å². The molecule has 6 heteroatoms. The van der Waals surface area contributed by atoms with Crippen LogP contribution in [0.15, 0.2) is 0 Å². The fourth-order valence-corrected chi connectivity index (χ4v) is 4.24. The normalized spacial score (nSPS) is 21.8. The number of morpholine rings is 1. The van der Waals surface area contributed by atoms with Crippen LogP contribution in [0.3, 0.4) is 0 Å². The van der Waals surface area contributed by atoms with Crippen molar-refractivity contribution in [3.8, 4) is 0 Å². The van der Waals surface area contributed by atoms with Crippen LogP contribution in [0.5, 0.6) is 0 Å². The van der Waals surface area contributed by atoms with Gasteiger partial charge in [-0.3, -0.25) is 9.69 Å². The number of carbonyl (C=O) groups excluding carboxylic acids is 1. The molecule has 142 valence electrons. The predicted octanol–water partition coefficient (Wildman–Crippen LogP) is 2.32. The second-order valence-electron chi connectivity index (χ2n) is 7.26. The fraction of sp³-hybridized carbons (Fsp3) is 0.944. The molecule has 1 heterocycles. The van der Waals surface area contributed by atoms with E-state index in [0.29, 0.717) is 6.54 Å². The summed E-state index contributed by atoms with van der Waals surface area (Å²) in [6.07, 6.45) is 7.80. The van der Waals surface area contributed by atoms with E-state index in [1.54, 1.807) is 0 Å². The zero-order valence-electron chi connectivity index (χ0n) is 15.4. The lowest BCUT2D eigenvalue weighted by molar-refractivity contribution is -0.132. The highest BCUT2D eigenvalue weighted by molar-refractivity contribution is 5.85. The molecule has 3 N–H and O–H groups in total. The summed E-state index contributed by atoms with van der Waals surface area (Å²) in [7, 11) is 0. The molecule has 0 aromatic carbocycles. The molecule has 2 aliphatic rings. The van der Waals surface area contributed by atoms with Crippen LogP contribution in [0.1, 0.15) is 58.8 Å². The third kappa shape index (κ3) is 4.63. The molecule has 0 aromatic rings. The molecule has 0 aromatic heterocycles. The number of amides is 1. The lowest BCUT2D eigenvalue weighted by Gasteiger charge is -2.48. The van der Waals surface area contributed by atoms with Crippen molar-refractivity contribution < 1.29 is 9.53 Å². The van der Waals surface area contributed by atoms with E-state index >= 15 is 0 Å². The average Bonchev–Trinajstić information content (AvgIpc) is 2.63. The van der Waals surface area contributed by atoms with Crippen LogP contribution >= 0.6 is 12.4 Å². The Hall–Kier alpha value is -0.360. The zero-order valence-corrected chi connectivity index (χ0v) is 16.3. The smallest absolute Gasteiger partial charge is 0.227 e. The van der Waals surface area contributed by atoms with Crippen molar-refractivity contribution in [2.45, 2.75) is 64.3 Å². The fourth-order valence-electron chi connectivity index (χ4n) is 4.24. The lowest BCUT2D eigenvalue weighted by Crippen LogP contribution is -2.61. The van der Waals surface area contributed by atoms with E-state index in [-0.39, 0.29) is 23.9 Å². The van der Waals surface area contributed by atoms with Gasteiger partial charge in [-0.15, -0.1) is 12.4 Å². The minimum Gasteiger partial charge on any atom is -0.379 e. The molecule has 0 radical (unpaired) electrons. The Bertz CT molecular complexity index is 368. The van der Waals surface area contributed by atoms with Gasteiger partial charge in [-0.2, -0.15) is 0 Å². The number of hydrogen-bond donors (Lipinski definition) is 2. The second-order valence-corrected chi connectivity index (χ2v) is 7.26. The Morgan fingerprint density at radius 1 is 1.17 bits per heavy atom. The van der Waals surface area contributed by atoms with Crippen molar-refractivity contribution in [1.82, 2.24) is 10.2 Å². The van der Waals surface area contributed by atoms with Crippen molar-refractivity contribution >= 4 is 18.3 Å². The van der Waals surface area contributed by atoms with Crippen LogP contribution in [-0.2, 0) is 9.53 Å². The molecule has 0 unspecified atom stereocenters. The molecular weight excluding hydrogens is 326 g/mol. The second kappa shape index (κ2) is 9.95. The summed E-state index contributed by atoms with van der Waals surface area (Å²) in [5.74, 6) is 0.142. The first-order chi connectivity index (χ1) is 11.1. The number of nitrogens with zero attached hydrogens (tertiary/aromatic N) is 1. The van der Waals surface area contributed by atoms with Gasteiger partial charge in [-0.25, -0.2) is 0 Å². The molecule has 1 amide bonds. The van der Waals surface area contributed by atoms with E-state index in [9.17, 15) is 4.79 Å². The van der Waals surface area contributed by atoms with E-state index in [1.807, 2.05) is 0 Å². The molecular formula is C18H36ClN3O2. The van der Waals surface area contributed by atoms with Gasteiger partial charge < -0.3 is 15.8 Å². The molecule has 24 heavy (non-hydrogen) atoms. The van der Waals surface area contributed by atoms with Crippen LogP contribution in [-0.4, -0.2) is 55.7 Å². The largest absolute Gasteiger partial charge is 0.379 e. The van der Waals surface area contributed by atoms with Gasteiger partial charge in [0.1, 0.15) is 0 Å². The van der Waals surface area contributed by atoms with E-state index in [1.165, 1.54) is 32.1 Å². The molecule has 2 fully saturated rings. The summed E-state index contributed by atoms with van der Waals surface area (Å²) in [6.45, 7) is 8.91. The number of carbonyl (C=O) groups is 1. The number of halogens is 1. The zero-order chi connectivity index (χ0) is 16.8. The SMILES string of the molecule is CCC(CC)(CN)C(=O)NCC1(N2CCOCC2)CCCCC1.Cl. The number of hydrogen-bond acceptors (Lipinski definition) is 4. The molecule has 5 nitrogen and oxygen atoms in total. The van der Waals surface area contributed by atoms with Crippen molar-refractivity contribution in [2.24, 2.45) is 11.1 Å². The number of ether oxygens (including phenoxy) is 1. The van der Waals surface area contributed by atoms with E-state index in [4.69, 9.17) is 10.5 Å². The lowest BCUT2D eigenvalue weighted by atomic mass is 9.78. The standard InChI is InChI=1S/C18H35N3O2.ClH/c1-3-17(4-2,14-19)16(22)20-15-18(8-6-5-7-9-18)21-10-12-23-13-11-21;/h3-15,19H2,1-2H3,(H,20,22);1H. The van der Waals surface area contributed by atoms with Crippen LogP contribution in [0, 0.1) is 5.41 Å². The molecule has 2 rings (SSSR count). The maximum atomic E-state index is 12.8. The summed E-state index contributed by atoms with van der Waals surface area (Å²) in [5, 5.41) is 3.28. The third-order valence-electron chi connectivity index (χ3n) is 6.27. The van der Waals surface area contributed by atoms with Crippen LogP contribution in [0.25, 0.3) is 0 Å². The molecule has 1 saturated heterocycles. The highest BCUT2D eigenvalue weighted by Gasteiger charge is 2.40. The summed E-state index contributed by atoms with van der Waals surface area (Å²) in [5.41, 5.74) is 5.65. The Labute approximate surface area is 153 Å². The average molecular weight is 362 g/mol. The Morgan fingerprint density at radius 3 is 2.25 bits per heavy atom. The van der Waals surface area contributed by atoms with Gasteiger partial charge in [-0.05, 0) is 25.7 Å². The first-order valence-corrected chi connectivity index (χ1v) is 9.43. The van der Waals surface area contributed by atoms with Gasteiger partial charge in [-0.1, -0.05) is 33.1 Å². The monoisotopic (exact) mass is 361 g/mol. The molecule has 0 spiro atoms. The van der Waals surface area contributed by atoms with Crippen molar-refractivity contribution in [3.63, 3.8) is 0 Å². The van der Waals surface area contributed by atoms with Gasteiger partial charge in [0.05, 0.1) is 18.6 Å². The number of rotatable bonds is 7. The Morgan fingerprint density at radius 2 is 1.75 bits per heavy atom. The first kappa shape index (κ1) is 21.7. The maximum absolute atomic E-state index is 12.8. The molecule has 1 aliphatic carbocycles. The summed E-state index contributed by atoms with van der Waals surface area (Å²) < 4.78 is 5.52. The van der Waals surface area contributed by atoms with Crippen molar-refractivity contribution in [3.05, 3.63) is 0 Å². The molecule has 0 atom stereocenters. The summed E-state index contributed by atoms with van der Waals surface area (Å²) in [4.78, 5) is 15.4. The van der Waals surface area contributed by atoms with E-state index in [0.717, 1.165) is 45.7 Å². The van der Waals surface area contributed by atoms with Crippen LogP contribution < -0.4 is 11.1 Å². The van der Waals surface area contributed by atoms with Gasteiger partial charge >= 0.3 is 0 Å². The minimum absolute atomic E-state index is 0. The van der Waals surface area contributed by atoms with E-state index < -0.39 is 5.41 Å². The van der Waals surface area contributed by atoms with Crippen molar-refractivity contribution in [1.29, 1.82) is 0 Å². The Balaban J connectivity index is 0.00000288. The molecule has 1 saturated carbocycles. The summed E-state index contributed by atoms with van der Waals surface area (Å²) in [6, 6.07) is 0. The maximum Gasteiger partial charge on any atom is 0.227 e. The highest BCUT2D eigenvalue weighted by Crippen LogP contribution is 2.34. The molecule has 0 bridgehead atoms. The van der Waals surface area contributed by atoms with Crippen LogP contribution in [0.2, 0.25) is 0 Å². The van der Waals surface area contributed by atoms with Gasteiger partial charge in [0.15, 0.2) is 0 Å². The van der Waals surface area contributed by atoms with E-state index in [2.05, 4.69) is 24.1 Å². The number of nitrogens with two attached hydrogens (primary N) is 1. The molecule has 1 aliphatic heterocycles. The van der Waals surface area contributed by atoms with Crippen LogP contribution in [0.4, 0.5) is 0 Å². The van der Waals surface area contributed by atoms with Gasteiger partial charge in [0, 0.05) is 31.7 Å². The van der Waals surface area contributed by atoms with Gasteiger partial charge in [0.25, 0.3) is 0 Å². The predicted molar refractivity (Wildman–Crippen MR) is 101 cm³/mol.